The fraction of sp³-hybridized carbons (Fsp3) is 0.368. The van der Waals surface area contributed by atoms with Gasteiger partial charge in [-0.1, -0.05) is 24.3 Å². The molecule has 0 saturated heterocycles. The molecule has 0 aliphatic rings. The Morgan fingerprint density at radius 1 is 1.42 bits per heavy atom. The van der Waals surface area contributed by atoms with Crippen LogP contribution in [0.15, 0.2) is 43.1 Å². The smallest absolute Gasteiger partial charge is 0.324 e. The molecular formula is C19H22N2O4S. The molecule has 1 heterocycles. The molecule has 0 spiro atoms. The molecule has 26 heavy (non-hydrogen) atoms. The van der Waals surface area contributed by atoms with E-state index in [1.54, 1.807) is 13.1 Å². The van der Waals surface area contributed by atoms with E-state index in [1.165, 1.54) is 6.08 Å². The van der Waals surface area contributed by atoms with Crippen LogP contribution in [0.1, 0.15) is 25.3 Å². The van der Waals surface area contributed by atoms with E-state index in [2.05, 4.69) is 12.6 Å². The van der Waals surface area contributed by atoms with E-state index < -0.39 is 21.1 Å². The summed E-state index contributed by atoms with van der Waals surface area (Å²) in [6.07, 6.45) is 3.65. The predicted molar refractivity (Wildman–Crippen MR) is 100 cm³/mol. The fourth-order valence-electron chi connectivity index (χ4n) is 2.93. The summed E-state index contributed by atoms with van der Waals surface area (Å²) in [5.41, 5.74) is 1.48. The SMILES string of the molecule is C=CCS(=O)(=O)C(CCCn1cc(C#N)c2ccccc21)C(=O)OCC. The number of carbonyl (C=O) groups is 1. The van der Waals surface area contributed by atoms with Gasteiger partial charge in [-0.3, -0.25) is 4.79 Å². The molecule has 1 aromatic carbocycles. The van der Waals surface area contributed by atoms with Crippen molar-refractivity contribution in [3.05, 3.63) is 48.7 Å². The first-order chi connectivity index (χ1) is 12.4. The highest BCUT2D eigenvalue weighted by molar-refractivity contribution is 7.92. The zero-order valence-electron chi connectivity index (χ0n) is 14.7. The van der Waals surface area contributed by atoms with Crippen molar-refractivity contribution in [1.82, 2.24) is 4.57 Å². The van der Waals surface area contributed by atoms with Gasteiger partial charge < -0.3 is 9.30 Å². The highest BCUT2D eigenvalue weighted by atomic mass is 32.2. The van der Waals surface area contributed by atoms with Gasteiger partial charge in [0, 0.05) is 23.6 Å². The number of sulfone groups is 1. The van der Waals surface area contributed by atoms with Gasteiger partial charge in [-0.15, -0.1) is 6.58 Å². The number of rotatable bonds is 9. The van der Waals surface area contributed by atoms with Crippen LogP contribution >= 0.6 is 0 Å². The first kappa shape index (κ1) is 19.7. The van der Waals surface area contributed by atoms with Crippen LogP contribution in [0.25, 0.3) is 10.9 Å². The summed E-state index contributed by atoms with van der Waals surface area (Å²) in [6.45, 7) is 5.72. The summed E-state index contributed by atoms with van der Waals surface area (Å²) in [5.74, 6) is -0.981. The van der Waals surface area contributed by atoms with Crippen molar-refractivity contribution in [2.75, 3.05) is 12.4 Å². The van der Waals surface area contributed by atoms with Gasteiger partial charge in [0.05, 0.1) is 17.9 Å². The van der Waals surface area contributed by atoms with Crippen LogP contribution in [-0.4, -0.2) is 36.6 Å². The molecular weight excluding hydrogens is 352 g/mol. The Morgan fingerprint density at radius 2 is 2.15 bits per heavy atom. The Labute approximate surface area is 153 Å². The lowest BCUT2D eigenvalue weighted by Gasteiger charge is -2.15. The molecule has 0 N–H and O–H groups in total. The van der Waals surface area contributed by atoms with Crippen LogP contribution in [0, 0.1) is 11.3 Å². The molecule has 0 fully saturated rings. The molecule has 0 aliphatic carbocycles. The van der Waals surface area contributed by atoms with Crippen LogP contribution in [-0.2, 0) is 25.9 Å². The Hall–Kier alpha value is -2.59. The summed E-state index contributed by atoms with van der Waals surface area (Å²) in [6, 6.07) is 9.70. The number of hydrogen-bond donors (Lipinski definition) is 0. The van der Waals surface area contributed by atoms with Crippen molar-refractivity contribution < 1.29 is 17.9 Å². The highest BCUT2D eigenvalue weighted by Gasteiger charge is 2.32. The van der Waals surface area contributed by atoms with E-state index in [0.29, 0.717) is 18.5 Å². The number of fused-ring (bicyclic) bond motifs is 1. The van der Waals surface area contributed by atoms with Crippen molar-refractivity contribution in [3.8, 4) is 6.07 Å². The predicted octanol–water partition coefficient (Wildman–Crippen LogP) is 2.83. The number of ether oxygens (including phenoxy) is 1. The third kappa shape index (κ3) is 4.33. The maximum absolute atomic E-state index is 12.3. The molecule has 0 bridgehead atoms. The summed E-state index contributed by atoms with van der Waals surface area (Å²) < 4.78 is 31.5. The molecule has 2 aromatic rings. The highest BCUT2D eigenvalue weighted by Crippen LogP contribution is 2.22. The zero-order valence-corrected chi connectivity index (χ0v) is 15.5. The Morgan fingerprint density at radius 3 is 2.81 bits per heavy atom. The lowest BCUT2D eigenvalue weighted by atomic mass is 10.2. The third-order valence-electron chi connectivity index (χ3n) is 4.11. The van der Waals surface area contributed by atoms with E-state index in [-0.39, 0.29) is 18.8 Å². The van der Waals surface area contributed by atoms with E-state index in [4.69, 9.17) is 4.74 Å². The molecule has 1 unspecified atom stereocenters. The minimum absolute atomic E-state index is 0.132. The van der Waals surface area contributed by atoms with Crippen LogP contribution in [0.2, 0.25) is 0 Å². The topological polar surface area (TPSA) is 89.2 Å². The number of aryl methyl sites for hydroxylation is 1. The van der Waals surface area contributed by atoms with Crippen LogP contribution in [0.4, 0.5) is 0 Å². The van der Waals surface area contributed by atoms with Crippen LogP contribution in [0.5, 0.6) is 0 Å². The van der Waals surface area contributed by atoms with E-state index in [0.717, 1.165) is 10.9 Å². The number of hydrogen-bond acceptors (Lipinski definition) is 5. The Balaban J connectivity index is 2.16. The molecule has 0 radical (unpaired) electrons. The molecule has 1 atom stereocenters. The van der Waals surface area contributed by atoms with Crippen LogP contribution in [0.3, 0.4) is 0 Å². The molecule has 2 rings (SSSR count). The summed E-state index contributed by atoms with van der Waals surface area (Å²) in [4.78, 5) is 12.1. The number of nitriles is 1. The minimum Gasteiger partial charge on any atom is -0.465 e. The van der Waals surface area contributed by atoms with E-state index in [1.807, 2.05) is 28.8 Å². The van der Waals surface area contributed by atoms with Crippen molar-refractivity contribution in [2.24, 2.45) is 0 Å². The van der Waals surface area contributed by atoms with Gasteiger partial charge in [-0.25, -0.2) is 8.42 Å². The van der Waals surface area contributed by atoms with Gasteiger partial charge in [0.15, 0.2) is 15.1 Å². The maximum atomic E-state index is 12.3. The van der Waals surface area contributed by atoms with Crippen molar-refractivity contribution in [1.29, 1.82) is 5.26 Å². The zero-order chi connectivity index (χ0) is 19.2. The van der Waals surface area contributed by atoms with E-state index >= 15 is 0 Å². The number of aromatic nitrogens is 1. The molecule has 138 valence electrons. The lowest BCUT2D eigenvalue weighted by Crippen LogP contribution is -2.33. The number of nitrogens with zero attached hydrogens (tertiary/aromatic N) is 2. The molecule has 6 nitrogen and oxygen atoms in total. The normalized spacial score (nSPS) is 12.5. The average Bonchev–Trinajstić information content (AvgIpc) is 2.96. The van der Waals surface area contributed by atoms with Crippen molar-refractivity contribution >= 4 is 26.7 Å². The monoisotopic (exact) mass is 374 g/mol. The Bertz CT molecular complexity index is 938. The van der Waals surface area contributed by atoms with Gasteiger partial charge in [0.1, 0.15) is 6.07 Å². The third-order valence-corrected chi connectivity index (χ3v) is 6.10. The largest absolute Gasteiger partial charge is 0.465 e. The standard InChI is InChI=1S/C19H22N2O4S/c1-3-12-26(23,24)18(19(22)25-4-2)10-7-11-21-14-15(13-20)16-8-5-6-9-17(16)21/h3,5-6,8-9,14,18H,1,4,7,10-12H2,2H3. The maximum Gasteiger partial charge on any atom is 0.324 e. The fourth-order valence-corrected chi connectivity index (χ4v) is 4.38. The molecule has 0 amide bonds. The first-order valence-electron chi connectivity index (χ1n) is 8.41. The summed E-state index contributed by atoms with van der Waals surface area (Å²) >= 11 is 0. The first-order valence-corrected chi connectivity index (χ1v) is 10.1. The number of carbonyl (C=O) groups excluding carboxylic acids is 1. The van der Waals surface area contributed by atoms with Gasteiger partial charge in [0.25, 0.3) is 0 Å². The second-order valence-electron chi connectivity index (χ2n) is 5.87. The Kier molecular flexibility index (Phi) is 6.58. The van der Waals surface area contributed by atoms with Crippen molar-refractivity contribution in [2.45, 2.75) is 31.6 Å². The average molecular weight is 374 g/mol. The van der Waals surface area contributed by atoms with Gasteiger partial charge in [0.2, 0.25) is 0 Å². The van der Waals surface area contributed by atoms with E-state index in [9.17, 15) is 18.5 Å². The summed E-state index contributed by atoms with van der Waals surface area (Å²) in [5, 5.41) is 8.91. The van der Waals surface area contributed by atoms with Gasteiger partial charge >= 0.3 is 5.97 Å². The lowest BCUT2D eigenvalue weighted by molar-refractivity contribution is -0.142. The minimum atomic E-state index is -3.64. The molecule has 0 aliphatic heterocycles. The summed E-state index contributed by atoms with van der Waals surface area (Å²) in [7, 11) is -3.64. The second-order valence-corrected chi connectivity index (χ2v) is 8.09. The van der Waals surface area contributed by atoms with Gasteiger partial charge in [-0.05, 0) is 25.8 Å². The van der Waals surface area contributed by atoms with Crippen LogP contribution < -0.4 is 0 Å². The number of esters is 1. The quantitative estimate of drug-likeness (QED) is 0.497. The van der Waals surface area contributed by atoms with Crippen molar-refractivity contribution in [3.63, 3.8) is 0 Å². The second kappa shape index (κ2) is 8.68. The van der Waals surface area contributed by atoms with Gasteiger partial charge in [-0.2, -0.15) is 5.26 Å². The molecule has 7 heteroatoms. The number of para-hydroxylation sites is 1. The molecule has 1 aromatic heterocycles. The number of benzene rings is 1. The molecule has 0 saturated carbocycles.